The van der Waals surface area contributed by atoms with Gasteiger partial charge in [-0.25, -0.2) is 23.5 Å². The lowest BCUT2D eigenvalue weighted by Crippen LogP contribution is -2.46. The van der Waals surface area contributed by atoms with Gasteiger partial charge in [-0.1, -0.05) is 30.3 Å². The number of benzene rings is 2. The molecule has 2 aromatic carbocycles. The van der Waals surface area contributed by atoms with E-state index in [0.29, 0.717) is 11.4 Å². The number of carbonyl (C=O) groups excluding carboxylic acids is 1. The van der Waals surface area contributed by atoms with Crippen molar-refractivity contribution in [3.05, 3.63) is 78.1 Å². The number of amides is 1. The number of nitrogens with zero attached hydrogens (tertiary/aromatic N) is 4. The molecule has 1 aliphatic heterocycles. The summed E-state index contributed by atoms with van der Waals surface area (Å²) in [5.74, 6) is 0.727. The highest BCUT2D eigenvalue weighted by Gasteiger charge is 2.19. The first-order valence-corrected chi connectivity index (χ1v) is 11.7. The summed E-state index contributed by atoms with van der Waals surface area (Å²) in [6.45, 7) is 4.40. The standard InChI is InChI=1S/C22H24N6O3S/c23-32(30,31)19-8-6-18(7-9-19)22(29)26-20-14-21(25-16-24-20)28-12-10-27(11-13-28)15-17-4-2-1-3-5-17/h1-9,14,16H,10-13,15H2,(H2,23,30,31)(H,24,25,26,29). The molecule has 0 radical (unpaired) electrons. The number of hydrogen-bond acceptors (Lipinski definition) is 7. The summed E-state index contributed by atoms with van der Waals surface area (Å²) >= 11 is 0. The van der Waals surface area contributed by atoms with Crippen molar-refractivity contribution in [3.63, 3.8) is 0 Å². The Morgan fingerprint density at radius 2 is 1.66 bits per heavy atom. The van der Waals surface area contributed by atoms with Crippen molar-refractivity contribution in [1.29, 1.82) is 0 Å². The van der Waals surface area contributed by atoms with Crippen LogP contribution in [0.5, 0.6) is 0 Å². The number of rotatable bonds is 6. The molecule has 0 saturated carbocycles. The highest BCUT2D eigenvalue weighted by atomic mass is 32.2. The van der Waals surface area contributed by atoms with Gasteiger partial charge in [0, 0.05) is 44.4 Å². The molecule has 3 aromatic rings. The van der Waals surface area contributed by atoms with Gasteiger partial charge in [0.2, 0.25) is 10.0 Å². The van der Waals surface area contributed by atoms with Crippen LogP contribution in [-0.2, 0) is 16.6 Å². The molecule has 1 fully saturated rings. The number of hydrogen-bond donors (Lipinski definition) is 2. The van der Waals surface area contributed by atoms with Gasteiger partial charge in [0.25, 0.3) is 5.91 Å². The first-order valence-electron chi connectivity index (χ1n) is 10.2. The van der Waals surface area contributed by atoms with Crippen molar-refractivity contribution in [2.75, 3.05) is 36.4 Å². The van der Waals surface area contributed by atoms with Crippen LogP contribution in [0.4, 0.5) is 11.6 Å². The summed E-state index contributed by atoms with van der Waals surface area (Å²) < 4.78 is 22.7. The second-order valence-electron chi connectivity index (χ2n) is 7.53. The molecule has 2 heterocycles. The number of primary sulfonamides is 1. The second-order valence-corrected chi connectivity index (χ2v) is 9.10. The third-order valence-electron chi connectivity index (χ3n) is 5.28. The Hall–Kier alpha value is -3.34. The molecular weight excluding hydrogens is 428 g/mol. The van der Waals surface area contributed by atoms with Crippen LogP contribution in [0.3, 0.4) is 0 Å². The molecule has 166 valence electrons. The van der Waals surface area contributed by atoms with Gasteiger partial charge in [-0.2, -0.15) is 0 Å². The smallest absolute Gasteiger partial charge is 0.256 e. The SMILES string of the molecule is NS(=O)(=O)c1ccc(C(=O)Nc2cc(N3CCN(Cc4ccccc4)CC3)ncn2)cc1. The summed E-state index contributed by atoms with van der Waals surface area (Å²) in [4.78, 5) is 25.5. The average molecular weight is 453 g/mol. The lowest BCUT2D eigenvalue weighted by atomic mass is 10.2. The average Bonchev–Trinajstić information content (AvgIpc) is 2.80. The van der Waals surface area contributed by atoms with E-state index >= 15 is 0 Å². The van der Waals surface area contributed by atoms with Crippen LogP contribution in [0.15, 0.2) is 71.9 Å². The fourth-order valence-corrected chi connectivity index (χ4v) is 4.06. The number of aromatic nitrogens is 2. The summed E-state index contributed by atoms with van der Waals surface area (Å²) in [6.07, 6.45) is 1.42. The zero-order valence-corrected chi connectivity index (χ0v) is 18.2. The van der Waals surface area contributed by atoms with E-state index in [1.54, 1.807) is 6.07 Å². The molecule has 1 aromatic heterocycles. The van der Waals surface area contributed by atoms with Crippen molar-refractivity contribution in [1.82, 2.24) is 14.9 Å². The number of carbonyl (C=O) groups is 1. The van der Waals surface area contributed by atoms with Gasteiger partial charge >= 0.3 is 0 Å². The molecule has 32 heavy (non-hydrogen) atoms. The van der Waals surface area contributed by atoms with E-state index in [2.05, 4.69) is 49.4 Å². The number of nitrogens with two attached hydrogens (primary N) is 1. The Morgan fingerprint density at radius 1 is 0.969 bits per heavy atom. The van der Waals surface area contributed by atoms with E-state index in [1.165, 1.54) is 36.2 Å². The maximum atomic E-state index is 12.5. The van der Waals surface area contributed by atoms with E-state index in [1.807, 2.05) is 6.07 Å². The first kappa shape index (κ1) is 21.9. The third kappa shape index (κ3) is 5.47. The van der Waals surface area contributed by atoms with Crippen molar-refractivity contribution in [3.8, 4) is 0 Å². The summed E-state index contributed by atoms with van der Waals surface area (Å²) in [6, 6.07) is 17.5. The van der Waals surface area contributed by atoms with Crippen LogP contribution in [0.2, 0.25) is 0 Å². The molecule has 0 bridgehead atoms. The van der Waals surface area contributed by atoms with Gasteiger partial charge in [-0.3, -0.25) is 9.69 Å². The zero-order chi connectivity index (χ0) is 22.6. The van der Waals surface area contributed by atoms with Crippen LogP contribution >= 0.6 is 0 Å². The molecule has 0 unspecified atom stereocenters. The van der Waals surface area contributed by atoms with Crippen LogP contribution in [0.25, 0.3) is 0 Å². The van der Waals surface area contributed by atoms with Crippen molar-refractivity contribution >= 4 is 27.6 Å². The van der Waals surface area contributed by atoms with Gasteiger partial charge in [-0.05, 0) is 29.8 Å². The zero-order valence-electron chi connectivity index (χ0n) is 17.4. The highest BCUT2D eigenvalue weighted by Crippen LogP contribution is 2.18. The molecule has 1 saturated heterocycles. The molecule has 1 amide bonds. The lowest BCUT2D eigenvalue weighted by molar-refractivity contribution is 0.102. The van der Waals surface area contributed by atoms with E-state index in [9.17, 15) is 13.2 Å². The van der Waals surface area contributed by atoms with Crippen LogP contribution in [0, 0.1) is 0 Å². The van der Waals surface area contributed by atoms with Crippen LogP contribution < -0.4 is 15.4 Å². The molecule has 10 heteroatoms. The first-order chi connectivity index (χ1) is 15.4. The van der Waals surface area contributed by atoms with Crippen molar-refractivity contribution in [2.45, 2.75) is 11.4 Å². The van der Waals surface area contributed by atoms with E-state index < -0.39 is 15.9 Å². The van der Waals surface area contributed by atoms with E-state index in [4.69, 9.17) is 5.14 Å². The van der Waals surface area contributed by atoms with Crippen LogP contribution in [0.1, 0.15) is 15.9 Å². The van der Waals surface area contributed by atoms with E-state index in [-0.39, 0.29) is 4.90 Å². The van der Waals surface area contributed by atoms with Crippen LogP contribution in [-0.4, -0.2) is 55.4 Å². The molecule has 4 rings (SSSR count). The fraction of sp³-hybridized carbons (Fsp3) is 0.227. The summed E-state index contributed by atoms with van der Waals surface area (Å²) in [7, 11) is -3.81. The van der Waals surface area contributed by atoms with Crippen molar-refractivity contribution < 1.29 is 13.2 Å². The Bertz CT molecular complexity index is 1180. The van der Waals surface area contributed by atoms with Crippen molar-refractivity contribution in [2.24, 2.45) is 5.14 Å². The van der Waals surface area contributed by atoms with Gasteiger partial charge in [0.15, 0.2) is 0 Å². The second kappa shape index (κ2) is 9.43. The Morgan fingerprint density at radius 3 is 2.31 bits per heavy atom. The molecule has 9 nitrogen and oxygen atoms in total. The lowest BCUT2D eigenvalue weighted by Gasteiger charge is -2.35. The third-order valence-corrected chi connectivity index (χ3v) is 6.21. The Kier molecular flexibility index (Phi) is 6.45. The largest absolute Gasteiger partial charge is 0.354 e. The molecule has 0 aliphatic carbocycles. The predicted molar refractivity (Wildman–Crippen MR) is 122 cm³/mol. The van der Waals surface area contributed by atoms with E-state index in [0.717, 1.165) is 38.5 Å². The summed E-state index contributed by atoms with van der Waals surface area (Å²) in [5.41, 5.74) is 1.59. The number of nitrogens with one attached hydrogen (secondary N) is 1. The highest BCUT2D eigenvalue weighted by molar-refractivity contribution is 7.89. The number of anilines is 2. The predicted octanol–water partition coefficient (Wildman–Crippen LogP) is 1.70. The number of piperazine rings is 1. The van der Waals surface area contributed by atoms with Gasteiger partial charge in [0.1, 0.15) is 18.0 Å². The minimum atomic E-state index is -3.81. The van der Waals surface area contributed by atoms with Gasteiger partial charge in [-0.15, -0.1) is 0 Å². The minimum Gasteiger partial charge on any atom is -0.354 e. The molecule has 3 N–H and O–H groups in total. The molecule has 1 aliphatic rings. The fourth-order valence-electron chi connectivity index (χ4n) is 3.55. The summed E-state index contributed by atoms with van der Waals surface area (Å²) in [5, 5.41) is 7.82. The monoisotopic (exact) mass is 452 g/mol. The molecule has 0 atom stereocenters. The Labute approximate surface area is 187 Å². The quantitative estimate of drug-likeness (QED) is 0.584. The van der Waals surface area contributed by atoms with Gasteiger partial charge < -0.3 is 10.2 Å². The normalized spacial score (nSPS) is 14.8. The maximum Gasteiger partial charge on any atom is 0.256 e. The minimum absolute atomic E-state index is 0.0511. The topological polar surface area (TPSA) is 122 Å². The Balaban J connectivity index is 1.36. The molecular formula is C22H24N6O3S. The molecule has 0 spiro atoms. The van der Waals surface area contributed by atoms with Gasteiger partial charge in [0.05, 0.1) is 4.90 Å². The maximum absolute atomic E-state index is 12.5. The number of sulfonamides is 1.